The molecule has 0 bridgehead atoms. The molecule has 1 heterocycles. The van der Waals surface area contributed by atoms with E-state index >= 15 is 0 Å². The van der Waals surface area contributed by atoms with E-state index in [0.29, 0.717) is 5.69 Å². The Bertz CT molecular complexity index is 1310. The van der Waals surface area contributed by atoms with Gasteiger partial charge in [-0.25, -0.2) is 4.79 Å². The predicted molar refractivity (Wildman–Crippen MR) is 118 cm³/mol. The van der Waals surface area contributed by atoms with E-state index in [1.54, 1.807) is 6.07 Å². The third-order valence-electron chi connectivity index (χ3n) is 4.69. The van der Waals surface area contributed by atoms with Crippen molar-refractivity contribution in [2.75, 3.05) is 0 Å². The van der Waals surface area contributed by atoms with Gasteiger partial charge in [0.15, 0.2) is 0 Å². The lowest BCUT2D eigenvalue weighted by Crippen LogP contribution is -2.11. The number of nitro groups is 2. The van der Waals surface area contributed by atoms with Crippen molar-refractivity contribution >= 4 is 17.3 Å². The normalized spacial score (nSPS) is 10.4. The first-order chi connectivity index (χ1) is 15.9. The molecule has 162 valence electrons. The van der Waals surface area contributed by atoms with Crippen molar-refractivity contribution in [3.63, 3.8) is 0 Å². The molecule has 10 nitrogen and oxygen atoms in total. The van der Waals surface area contributed by atoms with Gasteiger partial charge < -0.3 is 4.74 Å². The summed E-state index contributed by atoms with van der Waals surface area (Å²) in [6.45, 7) is 0. The van der Waals surface area contributed by atoms with Crippen LogP contribution in [-0.4, -0.2) is 26.0 Å². The SMILES string of the molecule is O=C(Oc1ccc(-c2ccc(-c3ccccc3)cc2)nn1)c1cc([N+](=O)[O-])cc([N+](=O)[O-])c1. The van der Waals surface area contributed by atoms with Gasteiger partial charge in [0, 0.05) is 23.8 Å². The molecular formula is C23H14N4O6. The Labute approximate surface area is 186 Å². The van der Waals surface area contributed by atoms with Gasteiger partial charge in [-0.1, -0.05) is 54.6 Å². The fourth-order valence-electron chi connectivity index (χ4n) is 3.07. The van der Waals surface area contributed by atoms with Crippen molar-refractivity contribution < 1.29 is 19.4 Å². The first-order valence-corrected chi connectivity index (χ1v) is 9.56. The number of rotatable bonds is 6. The predicted octanol–water partition coefficient (Wildman–Crippen LogP) is 4.85. The summed E-state index contributed by atoms with van der Waals surface area (Å²) in [5.74, 6) is -1.19. The number of hydrogen-bond donors (Lipinski definition) is 0. The minimum absolute atomic E-state index is 0.154. The van der Waals surface area contributed by atoms with Crippen LogP contribution in [0.1, 0.15) is 10.4 Å². The molecule has 3 aromatic carbocycles. The molecule has 1 aromatic heterocycles. The Hall–Kier alpha value is -4.99. The van der Waals surface area contributed by atoms with Gasteiger partial charge in [-0.3, -0.25) is 20.2 Å². The molecule has 0 saturated heterocycles. The van der Waals surface area contributed by atoms with Crippen molar-refractivity contribution in [3.05, 3.63) is 111 Å². The molecule has 0 atom stereocenters. The average molecular weight is 442 g/mol. The van der Waals surface area contributed by atoms with E-state index in [4.69, 9.17) is 4.74 Å². The van der Waals surface area contributed by atoms with Crippen LogP contribution >= 0.6 is 0 Å². The maximum atomic E-state index is 12.4. The highest BCUT2D eigenvalue weighted by atomic mass is 16.6. The molecule has 0 aliphatic heterocycles. The Morgan fingerprint density at radius 1 is 0.697 bits per heavy atom. The van der Waals surface area contributed by atoms with Crippen molar-refractivity contribution in [2.24, 2.45) is 0 Å². The van der Waals surface area contributed by atoms with E-state index in [1.165, 1.54) is 6.07 Å². The zero-order valence-corrected chi connectivity index (χ0v) is 16.8. The molecule has 0 aliphatic carbocycles. The number of carbonyl (C=O) groups is 1. The van der Waals surface area contributed by atoms with Crippen molar-refractivity contribution in [2.45, 2.75) is 0 Å². The Morgan fingerprint density at radius 3 is 1.82 bits per heavy atom. The highest BCUT2D eigenvalue weighted by molar-refractivity contribution is 5.92. The molecular weight excluding hydrogens is 428 g/mol. The van der Waals surface area contributed by atoms with E-state index in [0.717, 1.165) is 34.9 Å². The Morgan fingerprint density at radius 2 is 1.27 bits per heavy atom. The number of ether oxygens (including phenoxy) is 1. The van der Waals surface area contributed by atoms with Crippen LogP contribution in [0, 0.1) is 20.2 Å². The van der Waals surface area contributed by atoms with Crippen LogP contribution in [-0.2, 0) is 0 Å². The van der Waals surface area contributed by atoms with Gasteiger partial charge in [0.2, 0.25) is 5.88 Å². The van der Waals surface area contributed by atoms with Crippen molar-refractivity contribution in [1.82, 2.24) is 10.2 Å². The third-order valence-corrected chi connectivity index (χ3v) is 4.69. The smallest absolute Gasteiger partial charge is 0.345 e. The molecule has 4 aromatic rings. The van der Waals surface area contributed by atoms with Crippen LogP contribution in [0.4, 0.5) is 11.4 Å². The number of esters is 1. The number of nitro benzene ring substituents is 2. The molecule has 4 rings (SSSR count). The molecule has 10 heteroatoms. The molecule has 0 aliphatic rings. The monoisotopic (exact) mass is 442 g/mol. The Balaban J connectivity index is 1.50. The molecule has 0 spiro atoms. The second kappa shape index (κ2) is 9.02. The molecule has 0 unspecified atom stereocenters. The lowest BCUT2D eigenvalue weighted by Gasteiger charge is -2.06. The number of hydrogen-bond acceptors (Lipinski definition) is 8. The lowest BCUT2D eigenvalue weighted by atomic mass is 10.0. The number of non-ortho nitro benzene ring substituents is 2. The molecule has 0 radical (unpaired) electrons. The molecule has 33 heavy (non-hydrogen) atoms. The van der Waals surface area contributed by atoms with Gasteiger partial charge in [-0.15, -0.1) is 10.2 Å². The fourth-order valence-corrected chi connectivity index (χ4v) is 3.07. The van der Waals surface area contributed by atoms with Crippen molar-refractivity contribution in [1.29, 1.82) is 0 Å². The van der Waals surface area contributed by atoms with Gasteiger partial charge in [0.05, 0.1) is 27.2 Å². The van der Waals surface area contributed by atoms with E-state index in [9.17, 15) is 25.0 Å². The van der Waals surface area contributed by atoms with Crippen LogP contribution in [0.5, 0.6) is 5.88 Å². The highest BCUT2D eigenvalue weighted by Gasteiger charge is 2.21. The summed E-state index contributed by atoms with van der Waals surface area (Å²) in [6.07, 6.45) is 0. The number of benzene rings is 3. The van der Waals surface area contributed by atoms with Crippen molar-refractivity contribution in [3.8, 4) is 28.3 Å². The van der Waals surface area contributed by atoms with Crippen LogP contribution < -0.4 is 4.74 Å². The molecule has 0 N–H and O–H groups in total. The van der Waals surface area contributed by atoms with E-state index < -0.39 is 27.2 Å². The lowest BCUT2D eigenvalue weighted by molar-refractivity contribution is -0.394. The zero-order chi connectivity index (χ0) is 23.4. The second-order valence-corrected chi connectivity index (χ2v) is 6.84. The van der Waals surface area contributed by atoms with Crippen LogP contribution in [0.15, 0.2) is 84.9 Å². The van der Waals surface area contributed by atoms with Gasteiger partial charge in [-0.2, -0.15) is 0 Å². The quantitative estimate of drug-likeness (QED) is 0.235. The second-order valence-electron chi connectivity index (χ2n) is 6.84. The first kappa shape index (κ1) is 21.2. The highest BCUT2D eigenvalue weighted by Crippen LogP contribution is 2.25. The maximum Gasteiger partial charge on any atom is 0.345 e. The summed E-state index contributed by atoms with van der Waals surface area (Å²) in [4.78, 5) is 32.7. The number of nitrogens with zero attached hydrogens (tertiary/aromatic N) is 4. The summed E-state index contributed by atoms with van der Waals surface area (Å²) in [7, 11) is 0. The topological polar surface area (TPSA) is 138 Å². The van der Waals surface area contributed by atoms with Crippen LogP contribution in [0.25, 0.3) is 22.4 Å². The zero-order valence-electron chi connectivity index (χ0n) is 16.8. The summed E-state index contributed by atoms with van der Waals surface area (Å²) in [5, 5.41) is 29.9. The van der Waals surface area contributed by atoms with Gasteiger partial charge >= 0.3 is 5.97 Å². The van der Waals surface area contributed by atoms with E-state index in [-0.39, 0.29) is 11.4 Å². The number of aromatic nitrogens is 2. The summed E-state index contributed by atoms with van der Waals surface area (Å²) in [6, 6.07) is 23.1. The van der Waals surface area contributed by atoms with Gasteiger partial charge in [-0.05, 0) is 17.2 Å². The van der Waals surface area contributed by atoms with Crippen LogP contribution in [0.2, 0.25) is 0 Å². The third kappa shape index (κ3) is 4.85. The minimum atomic E-state index is -1.03. The van der Waals surface area contributed by atoms with E-state index in [1.807, 2.05) is 54.6 Å². The Kier molecular flexibility index (Phi) is 5.81. The van der Waals surface area contributed by atoms with Gasteiger partial charge in [0.1, 0.15) is 0 Å². The fraction of sp³-hybridized carbons (Fsp3) is 0. The molecule has 0 saturated carbocycles. The molecule has 0 amide bonds. The van der Waals surface area contributed by atoms with E-state index in [2.05, 4.69) is 10.2 Å². The largest absolute Gasteiger partial charge is 0.402 e. The maximum absolute atomic E-state index is 12.4. The first-order valence-electron chi connectivity index (χ1n) is 9.56. The summed E-state index contributed by atoms with van der Waals surface area (Å²) < 4.78 is 5.08. The van der Waals surface area contributed by atoms with Crippen LogP contribution in [0.3, 0.4) is 0 Å². The standard InChI is InChI=1S/C23H14N4O6/c28-23(18-12-19(26(29)30)14-20(13-18)27(31)32)33-22-11-10-21(24-25-22)17-8-6-16(7-9-17)15-4-2-1-3-5-15/h1-14H. The number of carbonyl (C=O) groups excluding carboxylic acids is 1. The summed E-state index contributed by atoms with van der Waals surface area (Å²) in [5.41, 5.74) is 1.92. The molecule has 0 fully saturated rings. The van der Waals surface area contributed by atoms with Gasteiger partial charge in [0.25, 0.3) is 11.4 Å². The average Bonchev–Trinajstić information content (AvgIpc) is 2.85. The minimum Gasteiger partial charge on any atom is -0.402 e. The summed E-state index contributed by atoms with van der Waals surface area (Å²) >= 11 is 0.